The van der Waals surface area contributed by atoms with E-state index in [2.05, 4.69) is 56.2 Å². The molecule has 2 rings (SSSR count). The van der Waals surface area contributed by atoms with Crippen molar-refractivity contribution in [2.75, 3.05) is 7.05 Å². The highest BCUT2D eigenvalue weighted by Crippen LogP contribution is 2.33. The van der Waals surface area contributed by atoms with Gasteiger partial charge in [0.15, 0.2) is 0 Å². The summed E-state index contributed by atoms with van der Waals surface area (Å²) < 4.78 is 7.90. The number of nitrogens with one attached hydrogen (secondary N) is 1. The molecule has 0 aliphatic rings. The Balaban J connectivity index is 2.55. The molecule has 0 fully saturated rings. The molecule has 0 aliphatic carbocycles. The van der Waals surface area contributed by atoms with E-state index >= 15 is 0 Å². The topological polar surface area (TPSA) is 25.2 Å². The van der Waals surface area contributed by atoms with Gasteiger partial charge in [-0.05, 0) is 47.6 Å². The highest BCUT2D eigenvalue weighted by atomic mass is 79.9. The molecule has 0 saturated carbocycles. The molecule has 0 bridgehead atoms. The van der Waals surface area contributed by atoms with Crippen LogP contribution in [0.1, 0.15) is 25.1 Å². The fourth-order valence-corrected chi connectivity index (χ4v) is 3.15. The Morgan fingerprint density at radius 2 is 2.06 bits per heavy atom. The van der Waals surface area contributed by atoms with Crippen LogP contribution in [0.5, 0.6) is 0 Å². The van der Waals surface area contributed by atoms with E-state index in [0.29, 0.717) is 0 Å². The maximum atomic E-state index is 5.87. The third-order valence-electron chi connectivity index (χ3n) is 2.65. The molecule has 2 aromatic rings. The molecule has 0 aliphatic heterocycles. The summed E-state index contributed by atoms with van der Waals surface area (Å²) in [6.07, 6.45) is 1.01. The first-order valence-corrected chi connectivity index (χ1v) is 6.80. The van der Waals surface area contributed by atoms with Crippen molar-refractivity contribution in [3.05, 3.63) is 32.9 Å². The Labute approximate surface area is 112 Å². The quantitative estimate of drug-likeness (QED) is 0.876. The van der Waals surface area contributed by atoms with Gasteiger partial charge in [0.2, 0.25) is 0 Å². The highest BCUT2D eigenvalue weighted by molar-refractivity contribution is 9.11. The monoisotopic (exact) mass is 345 g/mol. The number of rotatable bonds is 3. The number of hydrogen-bond acceptors (Lipinski definition) is 2. The van der Waals surface area contributed by atoms with Gasteiger partial charge in [-0.2, -0.15) is 0 Å². The lowest BCUT2D eigenvalue weighted by atomic mass is 10.1. The zero-order valence-electron chi connectivity index (χ0n) is 9.18. The SMILES string of the molecule is CCC(NC)c1cc2cc(Br)cc(Br)c2o1. The second-order valence-corrected chi connectivity index (χ2v) is 5.47. The fourth-order valence-electron chi connectivity index (χ4n) is 1.82. The molecule has 1 aromatic carbocycles. The van der Waals surface area contributed by atoms with Gasteiger partial charge in [-0.3, -0.25) is 0 Å². The molecule has 1 aromatic heterocycles. The number of hydrogen-bond donors (Lipinski definition) is 1. The first-order chi connectivity index (χ1) is 7.65. The van der Waals surface area contributed by atoms with Crippen molar-refractivity contribution in [1.29, 1.82) is 0 Å². The van der Waals surface area contributed by atoms with E-state index in [1.165, 1.54) is 0 Å². The van der Waals surface area contributed by atoms with Crippen LogP contribution in [0.2, 0.25) is 0 Å². The van der Waals surface area contributed by atoms with Crippen LogP contribution in [0.4, 0.5) is 0 Å². The third-order valence-corrected chi connectivity index (χ3v) is 3.70. The molecule has 4 heteroatoms. The molecule has 0 saturated heterocycles. The molecule has 1 unspecified atom stereocenters. The molecule has 1 heterocycles. The van der Waals surface area contributed by atoms with Gasteiger partial charge in [-0.25, -0.2) is 0 Å². The van der Waals surface area contributed by atoms with Gasteiger partial charge >= 0.3 is 0 Å². The number of halogens is 2. The van der Waals surface area contributed by atoms with Crippen LogP contribution in [-0.4, -0.2) is 7.05 Å². The molecule has 86 valence electrons. The van der Waals surface area contributed by atoms with Gasteiger partial charge < -0.3 is 9.73 Å². The Hall–Kier alpha value is -0.320. The first-order valence-electron chi connectivity index (χ1n) is 5.21. The van der Waals surface area contributed by atoms with Crippen molar-refractivity contribution in [3.8, 4) is 0 Å². The first kappa shape index (κ1) is 12.1. The smallest absolute Gasteiger partial charge is 0.148 e. The Kier molecular flexibility index (Phi) is 3.72. The maximum absolute atomic E-state index is 5.87. The normalized spacial score (nSPS) is 13.2. The zero-order chi connectivity index (χ0) is 11.7. The van der Waals surface area contributed by atoms with Gasteiger partial charge in [0.1, 0.15) is 11.3 Å². The molecule has 1 N–H and O–H groups in total. The van der Waals surface area contributed by atoms with Crippen LogP contribution in [-0.2, 0) is 0 Å². The van der Waals surface area contributed by atoms with Crippen molar-refractivity contribution >= 4 is 42.8 Å². The van der Waals surface area contributed by atoms with Gasteiger partial charge in [0.25, 0.3) is 0 Å². The zero-order valence-corrected chi connectivity index (χ0v) is 12.4. The van der Waals surface area contributed by atoms with E-state index in [0.717, 1.165) is 32.1 Å². The summed E-state index contributed by atoms with van der Waals surface area (Å²) in [5, 5.41) is 4.36. The minimum Gasteiger partial charge on any atom is -0.458 e. The van der Waals surface area contributed by atoms with E-state index in [-0.39, 0.29) is 6.04 Å². The van der Waals surface area contributed by atoms with E-state index < -0.39 is 0 Å². The van der Waals surface area contributed by atoms with Crippen molar-refractivity contribution in [1.82, 2.24) is 5.32 Å². The van der Waals surface area contributed by atoms with Crippen LogP contribution in [0.3, 0.4) is 0 Å². The van der Waals surface area contributed by atoms with Gasteiger partial charge in [0.05, 0.1) is 10.5 Å². The highest BCUT2D eigenvalue weighted by Gasteiger charge is 2.14. The van der Waals surface area contributed by atoms with Crippen LogP contribution in [0.25, 0.3) is 11.0 Å². The van der Waals surface area contributed by atoms with Crippen LogP contribution in [0, 0.1) is 0 Å². The second kappa shape index (κ2) is 4.90. The summed E-state index contributed by atoms with van der Waals surface area (Å²) in [7, 11) is 1.95. The minimum absolute atomic E-state index is 0.276. The molecule has 16 heavy (non-hydrogen) atoms. The molecule has 1 atom stereocenters. The number of furan rings is 1. The van der Waals surface area contributed by atoms with E-state index in [9.17, 15) is 0 Å². The van der Waals surface area contributed by atoms with Crippen LogP contribution < -0.4 is 5.32 Å². The van der Waals surface area contributed by atoms with Crippen molar-refractivity contribution in [3.63, 3.8) is 0 Å². The Bertz CT molecular complexity index is 503. The van der Waals surface area contributed by atoms with Gasteiger partial charge in [0, 0.05) is 9.86 Å². The lowest BCUT2D eigenvalue weighted by molar-refractivity contribution is 0.444. The molecule has 2 nitrogen and oxygen atoms in total. The van der Waals surface area contributed by atoms with Crippen molar-refractivity contribution in [2.24, 2.45) is 0 Å². The summed E-state index contributed by atoms with van der Waals surface area (Å²) in [6.45, 7) is 2.14. The summed E-state index contributed by atoms with van der Waals surface area (Å²) in [5.41, 5.74) is 0.909. The summed E-state index contributed by atoms with van der Waals surface area (Å²) >= 11 is 6.99. The number of fused-ring (bicyclic) bond motifs is 1. The maximum Gasteiger partial charge on any atom is 0.148 e. The number of benzene rings is 1. The average Bonchev–Trinajstić information content (AvgIpc) is 2.63. The van der Waals surface area contributed by atoms with Crippen LogP contribution in [0.15, 0.2) is 31.6 Å². The Morgan fingerprint density at radius 1 is 1.31 bits per heavy atom. The van der Waals surface area contributed by atoms with Crippen molar-refractivity contribution < 1.29 is 4.42 Å². The van der Waals surface area contributed by atoms with E-state index in [4.69, 9.17) is 4.42 Å². The van der Waals surface area contributed by atoms with Gasteiger partial charge in [-0.15, -0.1) is 0 Å². The molecule has 0 amide bonds. The predicted octanol–water partition coefficient (Wildman–Crippen LogP) is 4.63. The molecular weight excluding hydrogens is 334 g/mol. The largest absolute Gasteiger partial charge is 0.458 e. The molecule has 0 spiro atoms. The summed E-state index contributed by atoms with van der Waals surface area (Å²) in [6, 6.07) is 6.43. The van der Waals surface area contributed by atoms with E-state index in [1.54, 1.807) is 0 Å². The fraction of sp³-hybridized carbons (Fsp3) is 0.333. The van der Waals surface area contributed by atoms with E-state index in [1.807, 2.05) is 13.1 Å². The summed E-state index contributed by atoms with van der Waals surface area (Å²) in [5.74, 6) is 0.985. The second-order valence-electron chi connectivity index (χ2n) is 3.70. The molecular formula is C12H13Br2NO. The van der Waals surface area contributed by atoms with Gasteiger partial charge in [-0.1, -0.05) is 22.9 Å². The average molecular weight is 347 g/mol. The third kappa shape index (κ3) is 2.19. The van der Waals surface area contributed by atoms with Crippen LogP contribution >= 0.6 is 31.9 Å². The lowest BCUT2D eigenvalue weighted by Gasteiger charge is -2.09. The summed E-state index contributed by atoms with van der Waals surface area (Å²) in [4.78, 5) is 0. The molecule has 0 radical (unpaired) electrons. The standard InChI is InChI=1S/C12H13Br2NO/c1-3-10(15-2)11-5-7-4-8(13)6-9(14)12(7)16-11/h4-6,10,15H,3H2,1-2H3. The predicted molar refractivity (Wildman–Crippen MR) is 73.7 cm³/mol. The van der Waals surface area contributed by atoms with Crippen molar-refractivity contribution in [2.45, 2.75) is 19.4 Å². The Morgan fingerprint density at radius 3 is 2.69 bits per heavy atom. The lowest BCUT2D eigenvalue weighted by Crippen LogP contribution is -2.14. The minimum atomic E-state index is 0.276.